The van der Waals surface area contributed by atoms with Gasteiger partial charge in [0.1, 0.15) is 16.9 Å². The summed E-state index contributed by atoms with van der Waals surface area (Å²) in [5, 5.41) is 10.8. The molecule has 2 heterocycles. The van der Waals surface area contributed by atoms with E-state index in [0.717, 1.165) is 6.07 Å². The van der Waals surface area contributed by atoms with Crippen LogP contribution in [-0.4, -0.2) is 19.3 Å². The van der Waals surface area contributed by atoms with Gasteiger partial charge in [0.2, 0.25) is 5.75 Å². The molecule has 0 saturated heterocycles. The minimum atomic E-state index is -0.684. The van der Waals surface area contributed by atoms with Gasteiger partial charge in [-0.2, -0.15) is 0 Å². The Morgan fingerprint density at radius 2 is 1.89 bits per heavy atom. The van der Waals surface area contributed by atoms with E-state index in [1.54, 1.807) is 6.07 Å². The van der Waals surface area contributed by atoms with E-state index in [4.69, 9.17) is 18.3 Å². The highest BCUT2D eigenvalue weighted by Gasteiger charge is 2.22. The highest BCUT2D eigenvalue weighted by Crippen LogP contribution is 2.45. The molecule has 0 aliphatic heterocycles. The molecule has 0 amide bonds. The van der Waals surface area contributed by atoms with E-state index in [2.05, 4.69) is 0 Å². The van der Waals surface area contributed by atoms with E-state index < -0.39 is 5.63 Å². The second-order valence-corrected chi connectivity index (χ2v) is 3.88. The van der Waals surface area contributed by atoms with E-state index in [-0.39, 0.29) is 22.5 Å². The number of hydrogen-bond donors (Lipinski definition) is 1. The van der Waals surface area contributed by atoms with Crippen LogP contribution in [0.25, 0.3) is 21.9 Å². The van der Waals surface area contributed by atoms with Gasteiger partial charge in [0, 0.05) is 0 Å². The molecule has 0 spiro atoms. The van der Waals surface area contributed by atoms with Crippen LogP contribution in [0.15, 0.2) is 32.0 Å². The van der Waals surface area contributed by atoms with Gasteiger partial charge in [-0.3, -0.25) is 0 Å². The number of benzene rings is 1. The van der Waals surface area contributed by atoms with Crippen LogP contribution < -0.4 is 15.1 Å². The molecule has 0 aliphatic rings. The molecule has 0 aliphatic carbocycles. The molecule has 3 aromatic rings. The minimum absolute atomic E-state index is 0.0896. The molecule has 3 rings (SSSR count). The van der Waals surface area contributed by atoms with Gasteiger partial charge in [-0.15, -0.1) is 0 Å². The Morgan fingerprint density at radius 3 is 2.58 bits per heavy atom. The maximum atomic E-state index is 11.4. The SMILES string of the molecule is COc1c2occc2c(OC)c2c(O)cc(=O)oc12. The summed E-state index contributed by atoms with van der Waals surface area (Å²) < 4.78 is 20.9. The monoisotopic (exact) mass is 262 g/mol. The second-order valence-electron chi connectivity index (χ2n) is 3.88. The molecule has 1 N–H and O–H groups in total. The first-order valence-corrected chi connectivity index (χ1v) is 5.45. The average molecular weight is 262 g/mol. The van der Waals surface area contributed by atoms with Crippen molar-refractivity contribution in [3.8, 4) is 17.2 Å². The predicted molar refractivity (Wildman–Crippen MR) is 67.0 cm³/mol. The van der Waals surface area contributed by atoms with Crippen LogP contribution in [0.5, 0.6) is 17.2 Å². The Labute approximate surface area is 106 Å². The van der Waals surface area contributed by atoms with E-state index in [1.807, 2.05) is 0 Å². The zero-order valence-corrected chi connectivity index (χ0v) is 10.2. The summed E-state index contributed by atoms with van der Waals surface area (Å²) in [4.78, 5) is 11.4. The summed E-state index contributed by atoms with van der Waals surface area (Å²) in [6.45, 7) is 0. The first-order chi connectivity index (χ1) is 9.17. The molecular formula is C13H10O6. The van der Waals surface area contributed by atoms with Crippen molar-refractivity contribution in [2.24, 2.45) is 0 Å². The third-order valence-electron chi connectivity index (χ3n) is 2.90. The van der Waals surface area contributed by atoms with Crippen LogP contribution in [0.3, 0.4) is 0 Å². The van der Waals surface area contributed by atoms with E-state index in [1.165, 1.54) is 20.5 Å². The maximum Gasteiger partial charge on any atom is 0.340 e. The summed E-state index contributed by atoms with van der Waals surface area (Å²) in [7, 11) is 2.88. The molecule has 0 bridgehead atoms. The molecule has 1 aromatic carbocycles. The van der Waals surface area contributed by atoms with Gasteiger partial charge in [-0.25, -0.2) is 4.79 Å². The van der Waals surface area contributed by atoms with Crippen molar-refractivity contribution >= 4 is 21.9 Å². The lowest BCUT2D eigenvalue weighted by Crippen LogP contribution is -1.99. The Bertz CT molecular complexity index is 826. The lowest BCUT2D eigenvalue weighted by molar-refractivity contribution is 0.394. The van der Waals surface area contributed by atoms with Crippen molar-refractivity contribution in [3.05, 3.63) is 28.8 Å². The van der Waals surface area contributed by atoms with Gasteiger partial charge in [0.05, 0.1) is 31.9 Å². The van der Waals surface area contributed by atoms with Crippen molar-refractivity contribution in [2.45, 2.75) is 0 Å². The topological polar surface area (TPSA) is 82.0 Å². The Hall–Kier alpha value is -2.63. The van der Waals surface area contributed by atoms with Gasteiger partial charge in [0.25, 0.3) is 0 Å². The van der Waals surface area contributed by atoms with Crippen molar-refractivity contribution in [1.29, 1.82) is 0 Å². The van der Waals surface area contributed by atoms with Gasteiger partial charge in [-0.1, -0.05) is 0 Å². The van der Waals surface area contributed by atoms with Crippen molar-refractivity contribution < 1.29 is 23.4 Å². The summed E-state index contributed by atoms with van der Waals surface area (Å²) in [5.74, 6) is 0.370. The number of aromatic hydroxyl groups is 1. The lowest BCUT2D eigenvalue weighted by atomic mass is 10.1. The van der Waals surface area contributed by atoms with Gasteiger partial charge in [0.15, 0.2) is 11.2 Å². The number of furan rings is 1. The lowest BCUT2D eigenvalue weighted by Gasteiger charge is -2.10. The molecule has 2 aromatic heterocycles. The van der Waals surface area contributed by atoms with E-state index in [0.29, 0.717) is 16.7 Å². The molecule has 19 heavy (non-hydrogen) atoms. The molecule has 98 valence electrons. The van der Waals surface area contributed by atoms with Gasteiger partial charge >= 0.3 is 5.63 Å². The first-order valence-electron chi connectivity index (χ1n) is 5.45. The number of ether oxygens (including phenoxy) is 2. The highest BCUT2D eigenvalue weighted by atomic mass is 16.5. The molecule has 6 nitrogen and oxygen atoms in total. The molecule has 0 saturated carbocycles. The molecule has 6 heteroatoms. The average Bonchev–Trinajstić information content (AvgIpc) is 2.84. The highest BCUT2D eigenvalue weighted by molar-refractivity contribution is 6.08. The number of rotatable bonds is 2. The minimum Gasteiger partial charge on any atom is -0.507 e. The third-order valence-corrected chi connectivity index (χ3v) is 2.90. The molecule has 0 radical (unpaired) electrons. The van der Waals surface area contributed by atoms with Crippen LogP contribution in [0.1, 0.15) is 0 Å². The molecule has 0 unspecified atom stereocenters. The van der Waals surface area contributed by atoms with Crippen LogP contribution >= 0.6 is 0 Å². The Balaban J connectivity index is 2.68. The Morgan fingerprint density at radius 1 is 1.16 bits per heavy atom. The third kappa shape index (κ3) is 1.46. The predicted octanol–water partition coefficient (Wildman–Crippen LogP) is 2.26. The quantitative estimate of drug-likeness (QED) is 0.713. The van der Waals surface area contributed by atoms with Crippen LogP contribution in [0, 0.1) is 0 Å². The van der Waals surface area contributed by atoms with Crippen LogP contribution in [-0.2, 0) is 0 Å². The van der Waals surface area contributed by atoms with E-state index >= 15 is 0 Å². The largest absolute Gasteiger partial charge is 0.507 e. The maximum absolute atomic E-state index is 11.4. The smallest absolute Gasteiger partial charge is 0.340 e. The number of methoxy groups -OCH3 is 2. The fourth-order valence-corrected chi connectivity index (χ4v) is 2.16. The zero-order chi connectivity index (χ0) is 13.6. The van der Waals surface area contributed by atoms with Crippen LogP contribution in [0.4, 0.5) is 0 Å². The summed E-state index contributed by atoms with van der Waals surface area (Å²) in [6.07, 6.45) is 1.46. The fraction of sp³-hybridized carbons (Fsp3) is 0.154. The summed E-state index contributed by atoms with van der Waals surface area (Å²) in [6, 6.07) is 2.66. The molecular weight excluding hydrogens is 252 g/mol. The fourth-order valence-electron chi connectivity index (χ4n) is 2.16. The van der Waals surface area contributed by atoms with Crippen molar-refractivity contribution in [2.75, 3.05) is 14.2 Å². The summed E-state index contributed by atoms with van der Waals surface area (Å²) >= 11 is 0. The second kappa shape index (κ2) is 3.94. The standard InChI is InChI=1S/C13H10O6/c1-16-10-6-3-4-18-11(6)13(17-2)12-9(10)7(14)5-8(15)19-12/h3-5,14H,1-2H3. The summed E-state index contributed by atoms with van der Waals surface area (Å²) in [5.41, 5.74) is -0.205. The Kier molecular flexibility index (Phi) is 2.38. The number of fused-ring (bicyclic) bond motifs is 2. The molecule has 0 atom stereocenters. The normalized spacial score (nSPS) is 11.1. The van der Waals surface area contributed by atoms with Crippen LogP contribution in [0.2, 0.25) is 0 Å². The zero-order valence-electron chi connectivity index (χ0n) is 10.2. The first kappa shape index (κ1) is 11.5. The van der Waals surface area contributed by atoms with Crippen molar-refractivity contribution in [3.63, 3.8) is 0 Å². The van der Waals surface area contributed by atoms with E-state index in [9.17, 15) is 9.90 Å². The van der Waals surface area contributed by atoms with Gasteiger partial charge in [-0.05, 0) is 6.07 Å². The van der Waals surface area contributed by atoms with Crippen molar-refractivity contribution in [1.82, 2.24) is 0 Å². The van der Waals surface area contributed by atoms with Gasteiger partial charge < -0.3 is 23.4 Å². The number of hydrogen-bond acceptors (Lipinski definition) is 6. The molecule has 0 fully saturated rings.